The van der Waals surface area contributed by atoms with Gasteiger partial charge in [-0.25, -0.2) is 0 Å². The largest absolute Gasteiger partial charge is 0.493 e. The van der Waals surface area contributed by atoms with Crippen LogP contribution < -0.4 is 14.2 Å². The Labute approximate surface area is 107 Å². The smallest absolute Gasteiger partial charge is 0.204 e. The normalized spacial score (nSPS) is 18.2. The van der Waals surface area contributed by atoms with Gasteiger partial charge in [0, 0.05) is 5.56 Å². The number of ether oxygens (including phenoxy) is 3. The topological polar surface area (TPSA) is 27.7 Å². The van der Waals surface area contributed by atoms with Crippen molar-refractivity contribution in [2.45, 2.75) is 25.7 Å². The van der Waals surface area contributed by atoms with E-state index in [-0.39, 0.29) is 0 Å². The van der Waals surface area contributed by atoms with Crippen molar-refractivity contribution < 1.29 is 14.2 Å². The molecule has 0 unspecified atom stereocenters. The van der Waals surface area contributed by atoms with Crippen molar-refractivity contribution >= 4 is 5.57 Å². The van der Waals surface area contributed by atoms with Crippen LogP contribution in [-0.2, 0) is 0 Å². The van der Waals surface area contributed by atoms with E-state index in [1.807, 2.05) is 6.07 Å². The first-order chi connectivity index (χ1) is 8.90. The molecular formula is C15H18O3. The Bertz CT molecular complexity index is 477. The van der Waals surface area contributed by atoms with E-state index >= 15 is 0 Å². The average Bonchev–Trinajstić information content (AvgIpc) is 2.47. The van der Waals surface area contributed by atoms with Gasteiger partial charge in [0.1, 0.15) is 13.2 Å². The van der Waals surface area contributed by atoms with E-state index in [4.69, 9.17) is 14.2 Å². The molecule has 0 saturated carbocycles. The molecule has 1 aliphatic carbocycles. The minimum Gasteiger partial charge on any atom is -0.493 e. The number of rotatable bonds is 2. The number of methoxy groups -OCH3 is 1. The van der Waals surface area contributed by atoms with Crippen LogP contribution in [0.1, 0.15) is 31.2 Å². The van der Waals surface area contributed by atoms with Crippen molar-refractivity contribution in [3.8, 4) is 17.2 Å². The molecule has 3 nitrogen and oxygen atoms in total. The average molecular weight is 246 g/mol. The zero-order valence-corrected chi connectivity index (χ0v) is 10.7. The summed E-state index contributed by atoms with van der Waals surface area (Å²) in [5.74, 6) is 2.37. The predicted molar refractivity (Wildman–Crippen MR) is 70.4 cm³/mol. The summed E-state index contributed by atoms with van der Waals surface area (Å²) in [5, 5.41) is 0. The van der Waals surface area contributed by atoms with E-state index in [0.717, 1.165) is 30.1 Å². The SMILES string of the molecule is COc1ccc(C2=CCCCC2)c2c1OCCO2. The van der Waals surface area contributed by atoms with Crippen LogP contribution in [0.5, 0.6) is 17.2 Å². The van der Waals surface area contributed by atoms with E-state index in [9.17, 15) is 0 Å². The molecule has 1 aromatic rings. The molecule has 0 bridgehead atoms. The highest BCUT2D eigenvalue weighted by molar-refractivity contribution is 5.75. The second kappa shape index (κ2) is 4.92. The number of allylic oxidation sites excluding steroid dienone is 2. The summed E-state index contributed by atoms with van der Waals surface area (Å²) in [5.41, 5.74) is 2.55. The standard InChI is InChI=1S/C15H18O3/c1-16-13-8-7-12(11-5-3-2-4-6-11)14-15(13)18-10-9-17-14/h5,7-8H,2-4,6,9-10H2,1H3. The zero-order valence-electron chi connectivity index (χ0n) is 10.7. The molecule has 0 aromatic heterocycles. The Morgan fingerprint density at radius 2 is 1.89 bits per heavy atom. The predicted octanol–water partition coefficient (Wildman–Crippen LogP) is 3.42. The molecule has 1 aromatic carbocycles. The molecule has 3 heteroatoms. The Morgan fingerprint density at radius 3 is 2.61 bits per heavy atom. The van der Waals surface area contributed by atoms with Crippen LogP contribution in [0.3, 0.4) is 0 Å². The maximum Gasteiger partial charge on any atom is 0.204 e. The van der Waals surface area contributed by atoms with Crippen molar-refractivity contribution in [3.05, 3.63) is 23.8 Å². The Hall–Kier alpha value is -1.64. The molecule has 3 rings (SSSR count). The lowest BCUT2D eigenvalue weighted by Crippen LogP contribution is -2.17. The Kier molecular flexibility index (Phi) is 3.13. The third-order valence-corrected chi connectivity index (χ3v) is 3.51. The van der Waals surface area contributed by atoms with Gasteiger partial charge in [0.05, 0.1) is 7.11 Å². The molecule has 0 atom stereocenters. The number of hydrogen-bond acceptors (Lipinski definition) is 3. The van der Waals surface area contributed by atoms with Crippen LogP contribution >= 0.6 is 0 Å². The molecule has 0 amide bonds. The minimum absolute atomic E-state index is 0.589. The molecule has 0 radical (unpaired) electrons. The summed E-state index contributed by atoms with van der Waals surface area (Å²) in [6, 6.07) is 4.06. The lowest BCUT2D eigenvalue weighted by molar-refractivity contribution is 0.164. The molecule has 0 N–H and O–H groups in total. The molecule has 1 aliphatic heterocycles. The summed E-state index contributed by atoms with van der Waals surface area (Å²) in [6.45, 7) is 1.20. The molecule has 96 valence electrons. The van der Waals surface area contributed by atoms with Crippen LogP contribution in [0.4, 0.5) is 0 Å². The molecule has 0 spiro atoms. The Balaban J connectivity index is 2.07. The summed E-state index contributed by atoms with van der Waals surface area (Å²) in [6.07, 6.45) is 7.16. The van der Waals surface area contributed by atoms with Crippen LogP contribution in [0.25, 0.3) is 5.57 Å². The van der Waals surface area contributed by atoms with Crippen molar-refractivity contribution in [2.24, 2.45) is 0 Å². The van der Waals surface area contributed by atoms with Crippen molar-refractivity contribution in [2.75, 3.05) is 20.3 Å². The van der Waals surface area contributed by atoms with Crippen molar-refractivity contribution in [3.63, 3.8) is 0 Å². The van der Waals surface area contributed by atoms with Crippen LogP contribution in [0, 0.1) is 0 Å². The van der Waals surface area contributed by atoms with Crippen molar-refractivity contribution in [1.82, 2.24) is 0 Å². The maximum absolute atomic E-state index is 5.80. The van der Waals surface area contributed by atoms with Crippen LogP contribution in [-0.4, -0.2) is 20.3 Å². The second-order valence-corrected chi connectivity index (χ2v) is 4.65. The van der Waals surface area contributed by atoms with E-state index in [1.54, 1.807) is 7.11 Å². The lowest BCUT2D eigenvalue weighted by Gasteiger charge is -2.24. The highest BCUT2D eigenvalue weighted by Gasteiger charge is 2.22. The molecule has 18 heavy (non-hydrogen) atoms. The molecule has 1 heterocycles. The van der Waals surface area contributed by atoms with Gasteiger partial charge in [-0.05, 0) is 43.4 Å². The van der Waals surface area contributed by atoms with Crippen LogP contribution in [0.15, 0.2) is 18.2 Å². The van der Waals surface area contributed by atoms with Gasteiger partial charge in [-0.2, -0.15) is 0 Å². The number of fused-ring (bicyclic) bond motifs is 1. The Morgan fingerprint density at radius 1 is 1.06 bits per heavy atom. The quantitative estimate of drug-likeness (QED) is 0.800. The van der Waals surface area contributed by atoms with Crippen LogP contribution in [0.2, 0.25) is 0 Å². The van der Waals surface area contributed by atoms with Gasteiger partial charge in [0.2, 0.25) is 5.75 Å². The van der Waals surface area contributed by atoms with Gasteiger partial charge < -0.3 is 14.2 Å². The minimum atomic E-state index is 0.589. The lowest BCUT2D eigenvalue weighted by atomic mass is 9.92. The van der Waals surface area contributed by atoms with Gasteiger partial charge in [-0.1, -0.05) is 6.08 Å². The second-order valence-electron chi connectivity index (χ2n) is 4.65. The highest BCUT2D eigenvalue weighted by Crippen LogP contribution is 2.45. The maximum atomic E-state index is 5.80. The van der Waals surface area contributed by atoms with E-state index in [0.29, 0.717) is 13.2 Å². The number of hydrogen-bond donors (Lipinski definition) is 0. The summed E-state index contributed by atoms with van der Waals surface area (Å²) in [7, 11) is 1.66. The first kappa shape index (κ1) is 11.5. The fraction of sp³-hybridized carbons (Fsp3) is 0.467. The fourth-order valence-corrected chi connectivity index (χ4v) is 2.61. The molecule has 0 fully saturated rings. The summed E-state index contributed by atoms with van der Waals surface area (Å²) in [4.78, 5) is 0. The van der Waals surface area contributed by atoms with E-state index in [2.05, 4.69) is 12.1 Å². The third-order valence-electron chi connectivity index (χ3n) is 3.51. The summed E-state index contributed by atoms with van der Waals surface area (Å²) < 4.78 is 16.8. The molecule has 0 saturated heterocycles. The first-order valence-corrected chi connectivity index (χ1v) is 6.56. The first-order valence-electron chi connectivity index (χ1n) is 6.56. The highest BCUT2D eigenvalue weighted by atomic mass is 16.6. The van der Waals surface area contributed by atoms with Gasteiger partial charge >= 0.3 is 0 Å². The van der Waals surface area contributed by atoms with Crippen molar-refractivity contribution in [1.29, 1.82) is 0 Å². The fourth-order valence-electron chi connectivity index (χ4n) is 2.61. The zero-order chi connectivity index (χ0) is 12.4. The summed E-state index contributed by atoms with van der Waals surface area (Å²) >= 11 is 0. The monoisotopic (exact) mass is 246 g/mol. The molecular weight excluding hydrogens is 228 g/mol. The van der Waals surface area contributed by atoms with Gasteiger partial charge in [0.15, 0.2) is 11.5 Å². The van der Waals surface area contributed by atoms with Gasteiger partial charge in [-0.15, -0.1) is 0 Å². The number of benzene rings is 1. The van der Waals surface area contributed by atoms with E-state index < -0.39 is 0 Å². The third kappa shape index (κ3) is 1.94. The van der Waals surface area contributed by atoms with Gasteiger partial charge in [-0.3, -0.25) is 0 Å². The van der Waals surface area contributed by atoms with Gasteiger partial charge in [0.25, 0.3) is 0 Å². The van der Waals surface area contributed by atoms with E-state index in [1.165, 1.54) is 24.0 Å². The molecule has 2 aliphatic rings.